The number of hydrogen-bond donors (Lipinski definition) is 0. The van der Waals surface area contributed by atoms with Crippen molar-refractivity contribution in [3.05, 3.63) is 65.2 Å². The molecule has 0 spiro atoms. The fourth-order valence-electron chi connectivity index (χ4n) is 4.29. The van der Waals surface area contributed by atoms with Crippen molar-refractivity contribution in [1.29, 1.82) is 0 Å². The molecule has 2 aromatic rings. The van der Waals surface area contributed by atoms with E-state index in [0.29, 0.717) is 0 Å². The molecule has 5 nitrogen and oxygen atoms in total. The van der Waals surface area contributed by atoms with Gasteiger partial charge in [0.1, 0.15) is 0 Å². The first-order valence-corrected chi connectivity index (χ1v) is 9.97. The molecule has 0 radical (unpaired) electrons. The third kappa shape index (κ3) is 3.73. The van der Waals surface area contributed by atoms with Gasteiger partial charge in [-0.15, -0.1) is 0 Å². The monoisotopic (exact) mass is 377 g/mol. The average Bonchev–Trinajstić information content (AvgIpc) is 2.98. The lowest BCUT2D eigenvalue weighted by Crippen LogP contribution is -2.52. The maximum atomic E-state index is 13.1. The Kier molecular flexibility index (Phi) is 5.29. The van der Waals surface area contributed by atoms with E-state index in [1.807, 2.05) is 38.1 Å². The summed E-state index contributed by atoms with van der Waals surface area (Å²) in [6.07, 6.45) is 0.283. The lowest BCUT2D eigenvalue weighted by atomic mass is 10.1. The van der Waals surface area contributed by atoms with Crippen molar-refractivity contribution >= 4 is 17.5 Å². The largest absolute Gasteiger partial charge is 0.297 e. The molecule has 2 fully saturated rings. The van der Waals surface area contributed by atoms with Crippen LogP contribution in [0.15, 0.2) is 48.5 Å². The van der Waals surface area contributed by atoms with Crippen LogP contribution >= 0.6 is 0 Å². The van der Waals surface area contributed by atoms with Crippen LogP contribution in [0, 0.1) is 13.8 Å². The Hall–Kier alpha value is -2.50. The Bertz CT molecular complexity index is 873. The van der Waals surface area contributed by atoms with E-state index in [1.165, 1.54) is 10.5 Å². The van der Waals surface area contributed by atoms with Crippen LogP contribution in [0.1, 0.15) is 23.1 Å². The zero-order valence-electron chi connectivity index (χ0n) is 16.6. The van der Waals surface area contributed by atoms with Gasteiger partial charge < -0.3 is 0 Å². The van der Waals surface area contributed by atoms with E-state index in [0.717, 1.165) is 49.5 Å². The molecule has 0 unspecified atom stereocenters. The van der Waals surface area contributed by atoms with Gasteiger partial charge in [-0.1, -0.05) is 48.0 Å². The average molecular weight is 377 g/mol. The normalized spacial score (nSPS) is 21.5. The zero-order chi connectivity index (χ0) is 19.7. The molecule has 2 heterocycles. The minimum absolute atomic E-state index is 0.0755. The van der Waals surface area contributed by atoms with Crippen LogP contribution in [0.2, 0.25) is 0 Å². The molecule has 2 amide bonds. The number of anilines is 1. The van der Waals surface area contributed by atoms with Crippen molar-refractivity contribution in [3.63, 3.8) is 0 Å². The maximum absolute atomic E-state index is 13.1. The van der Waals surface area contributed by atoms with Crippen molar-refractivity contribution in [2.45, 2.75) is 32.9 Å². The summed E-state index contributed by atoms with van der Waals surface area (Å²) in [5.74, 6) is -0.165. The maximum Gasteiger partial charge on any atom is 0.251 e. The number of nitrogens with zero attached hydrogens (tertiary/aromatic N) is 3. The second kappa shape index (κ2) is 7.86. The standard InChI is InChI=1S/C23H27N3O2/c1-17-8-9-20(18(2)14-17)26-22(27)15-21(23(26)28)25-12-10-24(11-13-25)16-19-6-4-3-5-7-19/h3-9,14,21H,10-13,15-16H2,1-2H3/t21-/m0/s1. The molecule has 0 bridgehead atoms. The quantitative estimate of drug-likeness (QED) is 0.769. The number of carbonyl (C=O) groups is 2. The molecule has 2 aliphatic heterocycles. The molecule has 0 aromatic heterocycles. The Morgan fingerprint density at radius 3 is 2.32 bits per heavy atom. The Balaban J connectivity index is 1.41. The van der Waals surface area contributed by atoms with E-state index in [-0.39, 0.29) is 24.3 Å². The highest BCUT2D eigenvalue weighted by Crippen LogP contribution is 2.29. The highest BCUT2D eigenvalue weighted by Gasteiger charge is 2.43. The number of carbonyl (C=O) groups excluding carboxylic acids is 2. The van der Waals surface area contributed by atoms with Gasteiger partial charge in [-0.2, -0.15) is 0 Å². The molecule has 5 heteroatoms. The van der Waals surface area contributed by atoms with Gasteiger partial charge in [-0.25, -0.2) is 4.90 Å². The Morgan fingerprint density at radius 2 is 1.64 bits per heavy atom. The van der Waals surface area contributed by atoms with Crippen molar-refractivity contribution in [1.82, 2.24) is 9.80 Å². The van der Waals surface area contributed by atoms with Gasteiger partial charge in [0, 0.05) is 32.7 Å². The first-order chi connectivity index (χ1) is 13.5. The Labute approximate surface area is 166 Å². The number of rotatable bonds is 4. The molecular weight excluding hydrogens is 350 g/mol. The van der Waals surface area contributed by atoms with Crippen LogP contribution < -0.4 is 4.90 Å². The van der Waals surface area contributed by atoms with Crippen molar-refractivity contribution in [2.24, 2.45) is 0 Å². The lowest BCUT2D eigenvalue weighted by molar-refractivity contribution is -0.123. The first kappa shape index (κ1) is 18.8. The van der Waals surface area contributed by atoms with E-state index in [2.05, 4.69) is 34.1 Å². The van der Waals surface area contributed by atoms with Crippen LogP contribution in [-0.4, -0.2) is 53.8 Å². The van der Waals surface area contributed by atoms with E-state index in [1.54, 1.807) is 0 Å². The lowest BCUT2D eigenvalue weighted by Gasteiger charge is -2.37. The second-order valence-corrected chi connectivity index (χ2v) is 7.87. The number of aryl methyl sites for hydroxylation is 2. The summed E-state index contributed by atoms with van der Waals surface area (Å²) in [5, 5.41) is 0. The topological polar surface area (TPSA) is 43.9 Å². The van der Waals surface area contributed by atoms with E-state index >= 15 is 0 Å². The summed E-state index contributed by atoms with van der Waals surface area (Å²) in [5.41, 5.74) is 4.14. The van der Waals surface area contributed by atoms with Gasteiger partial charge >= 0.3 is 0 Å². The minimum Gasteiger partial charge on any atom is -0.297 e. The number of imide groups is 1. The SMILES string of the molecule is Cc1ccc(N2C(=O)C[C@H](N3CCN(Cc4ccccc4)CC3)C2=O)c(C)c1. The van der Waals surface area contributed by atoms with Crippen molar-refractivity contribution < 1.29 is 9.59 Å². The van der Waals surface area contributed by atoms with Crippen molar-refractivity contribution in [3.8, 4) is 0 Å². The summed E-state index contributed by atoms with van der Waals surface area (Å²) in [4.78, 5) is 31.7. The molecule has 0 aliphatic carbocycles. The second-order valence-electron chi connectivity index (χ2n) is 7.87. The van der Waals surface area contributed by atoms with Crippen LogP contribution in [0.4, 0.5) is 5.69 Å². The molecule has 1 atom stereocenters. The molecule has 0 saturated carbocycles. The first-order valence-electron chi connectivity index (χ1n) is 9.97. The number of amides is 2. The highest BCUT2D eigenvalue weighted by molar-refractivity contribution is 6.22. The number of hydrogen-bond acceptors (Lipinski definition) is 4. The number of piperazine rings is 1. The Morgan fingerprint density at radius 1 is 0.929 bits per heavy atom. The summed E-state index contributed by atoms with van der Waals surface area (Å²) >= 11 is 0. The van der Waals surface area contributed by atoms with Crippen LogP contribution in [0.5, 0.6) is 0 Å². The van der Waals surface area contributed by atoms with E-state index in [9.17, 15) is 9.59 Å². The van der Waals surface area contributed by atoms with Gasteiger partial charge in [-0.05, 0) is 31.0 Å². The zero-order valence-corrected chi connectivity index (χ0v) is 16.6. The fourth-order valence-corrected chi connectivity index (χ4v) is 4.29. The molecule has 2 aliphatic rings. The summed E-state index contributed by atoms with van der Waals surface area (Å²) in [6.45, 7) is 8.36. The van der Waals surface area contributed by atoms with Gasteiger partial charge in [0.25, 0.3) is 5.91 Å². The van der Waals surface area contributed by atoms with Crippen LogP contribution in [0.25, 0.3) is 0 Å². The number of benzene rings is 2. The third-order valence-electron chi connectivity index (χ3n) is 5.81. The van der Waals surface area contributed by atoms with Gasteiger partial charge in [-0.3, -0.25) is 19.4 Å². The van der Waals surface area contributed by atoms with Crippen LogP contribution in [-0.2, 0) is 16.1 Å². The predicted molar refractivity (Wildman–Crippen MR) is 110 cm³/mol. The molecule has 2 saturated heterocycles. The van der Waals surface area contributed by atoms with Crippen LogP contribution in [0.3, 0.4) is 0 Å². The summed E-state index contributed by atoms with van der Waals surface area (Å²) < 4.78 is 0. The van der Waals surface area contributed by atoms with Gasteiger partial charge in [0.05, 0.1) is 18.2 Å². The molecule has 146 valence electrons. The fraction of sp³-hybridized carbons (Fsp3) is 0.391. The van der Waals surface area contributed by atoms with E-state index in [4.69, 9.17) is 0 Å². The molecular formula is C23H27N3O2. The molecule has 2 aromatic carbocycles. The van der Waals surface area contributed by atoms with Gasteiger partial charge in [0.2, 0.25) is 5.91 Å². The molecule has 0 N–H and O–H groups in total. The third-order valence-corrected chi connectivity index (χ3v) is 5.81. The van der Waals surface area contributed by atoms with E-state index < -0.39 is 0 Å². The summed E-state index contributed by atoms with van der Waals surface area (Å²) in [7, 11) is 0. The summed E-state index contributed by atoms with van der Waals surface area (Å²) in [6, 6.07) is 16.0. The molecule has 28 heavy (non-hydrogen) atoms. The highest BCUT2D eigenvalue weighted by atomic mass is 16.2. The van der Waals surface area contributed by atoms with Crippen molar-refractivity contribution in [2.75, 3.05) is 31.1 Å². The smallest absolute Gasteiger partial charge is 0.251 e. The molecule has 4 rings (SSSR count). The van der Waals surface area contributed by atoms with Gasteiger partial charge in [0.15, 0.2) is 0 Å². The predicted octanol–water partition coefficient (Wildman–Crippen LogP) is 2.75. The minimum atomic E-state index is -0.327.